The van der Waals surface area contributed by atoms with Gasteiger partial charge in [0.2, 0.25) is 5.96 Å². The van der Waals surface area contributed by atoms with Crippen LogP contribution in [0.1, 0.15) is 76.3 Å². The molecule has 22 heteroatoms. The Hall–Kier alpha value is -8.19. The summed E-state index contributed by atoms with van der Waals surface area (Å²) >= 11 is 0. The second-order valence-corrected chi connectivity index (χ2v) is 19.9. The smallest absolute Gasteiger partial charge is 0.414 e. The number of methoxy groups -OCH3 is 2. The van der Waals surface area contributed by atoms with Gasteiger partial charge in [-0.3, -0.25) is 15.2 Å². The second-order valence-electron chi connectivity index (χ2n) is 18.5. The predicted molar refractivity (Wildman–Crippen MR) is 294 cm³/mol. The Morgan fingerprint density at radius 2 is 1.37 bits per heavy atom. The van der Waals surface area contributed by atoms with Gasteiger partial charge in [-0.25, -0.2) is 24.0 Å². The number of aliphatic imine (C=N–C) groups is 1. The number of aryl methyl sites for hydroxylation is 1. The summed E-state index contributed by atoms with van der Waals surface area (Å²) in [5.41, 5.74) is 2.60. The number of carbonyl (C=O) groups is 2. The number of nitrogens with one attached hydrogen (secondary N) is 2. The Morgan fingerprint density at radius 3 is 1.92 bits per heavy atom. The third kappa shape index (κ3) is 14.5. The van der Waals surface area contributed by atoms with Crippen molar-refractivity contribution >= 4 is 43.4 Å². The number of fused-ring (bicyclic) bond motifs is 1. The van der Waals surface area contributed by atoms with Crippen molar-refractivity contribution in [3.05, 3.63) is 143 Å². The maximum Gasteiger partial charge on any atom is 0.414 e. The fraction of sp³-hybridized carbons (Fsp3) is 0.368. The van der Waals surface area contributed by atoms with Crippen molar-refractivity contribution in [2.24, 2.45) is 12.0 Å². The van der Waals surface area contributed by atoms with E-state index >= 15 is 0 Å². The largest absolute Gasteiger partial charge is 0.497 e. The number of benzene rings is 4. The van der Waals surface area contributed by atoms with E-state index in [1.807, 2.05) is 103 Å². The summed E-state index contributed by atoms with van der Waals surface area (Å²) in [5, 5.41) is 32.6. The predicted octanol–water partition coefficient (Wildman–Crippen LogP) is 9.64. The van der Waals surface area contributed by atoms with Crippen LogP contribution in [0.3, 0.4) is 0 Å². The Bertz CT molecular complexity index is 3150. The molecule has 1 aliphatic rings. The first-order valence-electron chi connectivity index (χ1n) is 25.5. The number of rotatable bonds is 23. The number of hydrogen-bond donors (Lipinski definition) is 2. The fourth-order valence-corrected chi connectivity index (χ4v) is 10.9. The van der Waals surface area contributed by atoms with Gasteiger partial charge in [0.05, 0.1) is 82.4 Å². The molecule has 0 radical (unpaired) electrons. The number of nitrogens with zero attached hydrogens (tertiary/aromatic N) is 8. The van der Waals surface area contributed by atoms with Gasteiger partial charge in [-0.1, -0.05) is 66.7 Å². The summed E-state index contributed by atoms with van der Waals surface area (Å²) < 4.78 is 54.4. The zero-order chi connectivity index (χ0) is 56.5. The van der Waals surface area contributed by atoms with Gasteiger partial charge in [0.15, 0.2) is 0 Å². The maximum atomic E-state index is 14.4. The molecule has 4 atom stereocenters. The number of carbonyl (C=O) groups excluding carboxylic acids is 2. The average molecular weight is 1100 g/mol. The Kier molecular flexibility index (Phi) is 20.7. The Morgan fingerprint density at radius 1 is 0.797 bits per heavy atom. The minimum Gasteiger partial charge on any atom is -0.497 e. The first kappa shape index (κ1) is 58.5. The zero-order valence-corrected chi connectivity index (χ0v) is 45.9. The van der Waals surface area contributed by atoms with Crippen LogP contribution in [0, 0.1) is 34.0 Å². The molecule has 1 fully saturated rings. The van der Waals surface area contributed by atoms with Crippen LogP contribution in [0.2, 0.25) is 0 Å². The monoisotopic (exact) mass is 1090 g/mol. The highest BCUT2D eigenvalue weighted by Gasteiger charge is 2.45. The molecular formula is C57H63N10O11P. The van der Waals surface area contributed by atoms with Gasteiger partial charge >= 0.3 is 17.9 Å². The van der Waals surface area contributed by atoms with E-state index < -0.39 is 50.4 Å². The number of hydrogen-bond acceptors (Lipinski definition) is 17. The number of ether oxygens (including phenoxy) is 6. The standard InChI is InChI=1S/C57H63N10O11P/c1-38(2)67(39(3)4)79(76-32-14-29-60)78-49-35-51(77-50(49)37-75-57(42-16-9-8-10-17-42,43-19-23-46(71-6)24-20-43)44-21-25-47(72-7)26-22-44)66-36-41-34-48(65(5)52(41)62-54(66)68)40-15-11-18-45(33-40)61-53(63-55(69)73-30-12-27-58)64-56(70)74-31-13-28-59/h8-11,15-26,33-34,36,38-39,49-51H,12-14,30-32,35,37H2,1-7H3,(H2,61,63,64,69,70)/t49-,50+,51+,79?/m0/s1. The molecule has 3 heterocycles. The number of aromatic nitrogens is 3. The van der Waals surface area contributed by atoms with Gasteiger partial charge in [0.1, 0.15) is 48.3 Å². The molecule has 79 heavy (non-hydrogen) atoms. The van der Waals surface area contributed by atoms with Crippen LogP contribution in [0.4, 0.5) is 15.3 Å². The van der Waals surface area contributed by atoms with Crippen molar-refractivity contribution in [3.8, 4) is 41.0 Å². The normalized spacial score (nSPS) is 15.5. The van der Waals surface area contributed by atoms with Gasteiger partial charge in [-0.15, -0.1) is 0 Å². The van der Waals surface area contributed by atoms with Crippen LogP contribution >= 0.6 is 8.53 Å². The molecule has 21 nitrogen and oxygen atoms in total. The van der Waals surface area contributed by atoms with E-state index in [1.54, 1.807) is 50.2 Å². The van der Waals surface area contributed by atoms with E-state index in [4.69, 9.17) is 48.0 Å². The first-order chi connectivity index (χ1) is 38.2. The first-order valence-corrected chi connectivity index (χ1v) is 26.6. The van der Waals surface area contributed by atoms with Crippen molar-refractivity contribution in [1.29, 1.82) is 15.8 Å². The molecule has 0 aliphatic carbocycles. The third-order valence-corrected chi connectivity index (χ3v) is 14.8. The lowest BCUT2D eigenvalue weighted by atomic mass is 9.80. The molecule has 0 bridgehead atoms. The van der Waals surface area contributed by atoms with Gasteiger partial charge in [0.25, 0.3) is 8.53 Å². The molecule has 2 amide bonds. The quantitative estimate of drug-likeness (QED) is 0.0199. The molecular weight excluding hydrogens is 1030 g/mol. The minimum atomic E-state index is -1.78. The lowest BCUT2D eigenvalue weighted by Gasteiger charge is -2.39. The maximum absolute atomic E-state index is 14.4. The van der Waals surface area contributed by atoms with Crippen LogP contribution in [-0.2, 0) is 40.6 Å². The zero-order valence-electron chi connectivity index (χ0n) is 45.0. The van der Waals surface area contributed by atoms with E-state index in [0.717, 1.165) is 16.7 Å². The lowest BCUT2D eigenvalue weighted by molar-refractivity contribution is -0.0924. The molecule has 7 rings (SSSR count). The summed E-state index contributed by atoms with van der Waals surface area (Å²) in [4.78, 5) is 48.5. The molecule has 6 aromatic rings. The molecule has 1 aliphatic heterocycles. The fourth-order valence-electron chi connectivity index (χ4n) is 9.11. The van der Waals surface area contributed by atoms with Gasteiger partial charge in [0, 0.05) is 42.7 Å². The van der Waals surface area contributed by atoms with Crippen molar-refractivity contribution in [2.75, 3.05) is 40.6 Å². The molecule has 2 aromatic heterocycles. The van der Waals surface area contributed by atoms with Crippen LogP contribution < -0.4 is 25.8 Å². The SMILES string of the molecule is COc1ccc(C(OC[C@H]2O[C@@H](n3cc4cc(-c5cccc(N=C(NC(=O)OCCC#N)NC(=O)OCCC#N)c5)n(C)c4nc3=O)C[C@@H]2OP(OCCC#N)N(C(C)C)C(C)C)(c2ccccc2)c2ccc(OC)cc2)cc1. The van der Waals surface area contributed by atoms with E-state index in [0.29, 0.717) is 39.5 Å². The Labute approximate surface area is 459 Å². The lowest BCUT2D eigenvalue weighted by Crippen LogP contribution is -2.44. The van der Waals surface area contributed by atoms with Gasteiger partial charge < -0.3 is 42.0 Å². The summed E-state index contributed by atoms with van der Waals surface area (Å²) in [6.07, 6.45) is -2.41. The Balaban J connectivity index is 1.27. The van der Waals surface area contributed by atoms with E-state index in [2.05, 4.69) is 59.0 Å². The average Bonchev–Trinajstić information content (AvgIpc) is 4.07. The van der Waals surface area contributed by atoms with Crippen molar-refractivity contribution in [1.82, 2.24) is 29.4 Å². The number of guanidine groups is 1. The van der Waals surface area contributed by atoms with Crippen molar-refractivity contribution < 1.29 is 47.1 Å². The van der Waals surface area contributed by atoms with Gasteiger partial charge in [-0.05, 0) is 86.8 Å². The third-order valence-electron chi connectivity index (χ3n) is 12.7. The molecule has 4 aromatic carbocycles. The van der Waals surface area contributed by atoms with Crippen LogP contribution in [0.25, 0.3) is 22.3 Å². The van der Waals surface area contributed by atoms with Crippen LogP contribution in [-0.4, -0.2) is 102 Å². The van der Waals surface area contributed by atoms with Gasteiger partial charge in [-0.2, -0.15) is 20.8 Å². The number of alkyl carbamates (subject to hydrolysis) is 2. The number of nitriles is 3. The van der Waals surface area contributed by atoms with Crippen LogP contribution in [0.15, 0.2) is 125 Å². The van der Waals surface area contributed by atoms with E-state index in [-0.39, 0.29) is 70.2 Å². The molecule has 0 spiro atoms. The minimum absolute atomic E-state index is 0.00423. The summed E-state index contributed by atoms with van der Waals surface area (Å²) in [6.45, 7) is 7.94. The molecule has 2 N–H and O–H groups in total. The summed E-state index contributed by atoms with van der Waals surface area (Å²) in [7, 11) is 3.21. The number of amides is 2. The van der Waals surface area contributed by atoms with Crippen LogP contribution in [0.5, 0.6) is 11.5 Å². The van der Waals surface area contributed by atoms with Crippen molar-refractivity contribution in [3.63, 3.8) is 0 Å². The highest BCUT2D eigenvalue weighted by atomic mass is 31.2. The molecule has 1 saturated heterocycles. The topological polar surface area (TPSA) is 259 Å². The summed E-state index contributed by atoms with van der Waals surface area (Å²) in [5.74, 6) is 0.995. The molecule has 0 saturated carbocycles. The van der Waals surface area contributed by atoms with Crippen molar-refractivity contribution in [2.45, 2.75) is 89.5 Å². The van der Waals surface area contributed by atoms with E-state index in [1.165, 1.54) is 4.57 Å². The highest BCUT2D eigenvalue weighted by molar-refractivity contribution is 7.44. The highest BCUT2D eigenvalue weighted by Crippen LogP contribution is 2.51. The van der Waals surface area contributed by atoms with E-state index in [9.17, 15) is 19.6 Å². The molecule has 1 unspecified atom stereocenters. The summed E-state index contributed by atoms with van der Waals surface area (Å²) in [6, 6.07) is 39.9. The molecule has 412 valence electrons. The second kappa shape index (κ2) is 27.9.